The van der Waals surface area contributed by atoms with Crippen molar-refractivity contribution in [3.63, 3.8) is 0 Å². The second-order valence-electron chi connectivity index (χ2n) is 9.15. The highest BCUT2D eigenvalue weighted by Crippen LogP contribution is 2.48. The molecule has 4 aromatic carbocycles. The number of hydrogen-bond donors (Lipinski definition) is 0. The van der Waals surface area contributed by atoms with Crippen LogP contribution in [-0.2, 0) is 12.0 Å². The van der Waals surface area contributed by atoms with Crippen molar-refractivity contribution in [1.29, 1.82) is 0 Å². The topological polar surface area (TPSA) is 48.7 Å². The molecule has 38 heavy (non-hydrogen) atoms. The van der Waals surface area contributed by atoms with Gasteiger partial charge in [0.15, 0.2) is 5.78 Å². The van der Waals surface area contributed by atoms with Crippen molar-refractivity contribution < 1.29 is 31.9 Å². The van der Waals surface area contributed by atoms with Gasteiger partial charge in [-0.1, -0.05) is 54.6 Å². The largest absolute Gasteiger partial charge is 0.456 e. The second-order valence-corrected chi connectivity index (χ2v) is 9.15. The fraction of sp³-hybridized carbons (Fsp3) is 0.0645. The number of hydrogen-bond acceptors (Lipinski definition) is 4. The van der Waals surface area contributed by atoms with Gasteiger partial charge in [-0.15, -0.1) is 0 Å². The van der Waals surface area contributed by atoms with Crippen molar-refractivity contribution >= 4 is 16.6 Å². The maximum absolute atomic E-state index is 13.2. The number of carbonyl (C=O) groups excluding carboxylic acids is 1. The van der Waals surface area contributed by atoms with Gasteiger partial charge in [0.1, 0.15) is 23.0 Å². The van der Waals surface area contributed by atoms with Gasteiger partial charge in [0.25, 0.3) is 5.79 Å². The SMILES string of the molecule is O=C1C=CC2(Oc3cccc4cccc(c34)O2)c2cccc(-c3ccc(-c4cccc(C(F)(F)F)c4)o3)c21. The number of halogens is 3. The maximum Gasteiger partial charge on any atom is 0.416 e. The lowest BCUT2D eigenvalue weighted by Gasteiger charge is -2.39. The van der Waals surface area contributed by atoms with Gasteiger partial charge in [-0.3, -0.25) is 4.79 Å². The Bertz CT molecular complexity index is 1750. The zero-order valence-electron chi connectivity index (χ0n) is 19.6. The maximum atomic E-state index is 13.2. The summed E-state index contributed by atoms with van der Waals surface area (Å²) in [5, 5.41) is 1.82. The molecule has 0 saturated carbocycles. The third-order valence-corrected chi connectivity index (χ3v) is 6.84. The summed E-state index contributed by atoms with van der Waals surface area (Å²) >= 11 is 0. The summed E-state index contributed by atoms with van der Waals surface area (Å²) in [5.74, 6) is 0.212. The first-order valence-corrected chi connectivity index (χ1v) is 11.9. The monoisotopic (exact) mass is 510 g/mol. The summed E-state index contributed by atoms with van der Waals surface area (Å²) < 4.78 is 58.5. The molecule has 0 amide bonds. The zero-order chi connectivity index (χ0) is 26.1. The van der Waals surface area contributed by atoms with Crippen LogP contribution < -0.4 is 9.47 Å². The van der Waals surface area contributed by atoms with E-state index in [9.17, 15) is 18.0 Å². The molecule has 1 aliphatic heterocycles. The highest BCUT2D eigenvalue weighted by Gasteiger charge is 2.45. The molecule has 0 atom stereocenters. The average molecular weight is 510 g/mol. The smallest absolute Gasteiger partial charge is 0.416 e. The molecule has 0 unspecified atom stereocenters. The van der Waals surface area contributed by atoms with Gasteiger partial charge in [-0.05, 0) is 47.9 Å². The van der Waals surface area contributed by atoms with Crippen molar-refractivity contribution in [2.45, 2.75) is 12.0 Å². The molecule has 4 nitrogen and oxygen atoms in total. The van der Waals surface area contributed by atoms with Gasteiger partial charge in [0.05, 0.1) is 16.5 Å². The molecule has 186 valence electrons. The summed E-state index contributed by atoms with van der Waals surface area (Å²) in [5.41, 5.74) is 0.840. The van der Waals surface area contributed by atoms with Crippen LogP contribution in [0.3, 0.4) is 0 Å². The van der Waals surface area contributed by atoms with Gasteiger partial charge >= 0.3 is 6.18 Å². The van der Waals surface area contributed by atoms with E-state index in [-0.39, 0.29) is 17.1 Å². The molecular weight excluding hydrogens is 493 g/mol. The van der Waals surface area contributed by atoms with Gasteiger partial charge in [0, 0.05) is 22.8 Å². The van der Waals surface area contributed by atoms with Crippen LogP contribution in [0.2, 0.25) is 0 Å². The number of fused-ring (bicyclic) bond motifs is 2. The predicted molar refractivity (Wildman–Crippen MR) is 135 cm³/mol. The lowest BCUT2D eigenvalue weighted by molar-refractivity contribution is -0.137. The number of rotatable bonds is 2. The molecule has 2 aliphatic rings. The van der Waals surface area contributed by atoms with E-state index in [1.54, 1.807) is 42.5 Å². The Morgan fingerprint density at radius 2 is 1.42 bits per heavy atom. The Balaban J connectivity index is 1.33. The van der Waals surface area contributed by atoms with Crippen molar-refractivity contribution in [3.05, 3.63) is 120 Å². The van der Waals surface area contributed by atoms with Crippen LogP contribution in [0.1, 0.15) is 21.5 Å². The van der Waals surface area contributed by atoms with E-state index in [1.165, 1.54) is 12.1 Å². The minimum atomic E-state index is -4.47. The molecule has 7 rings (SSSR count). The third-order valence-electron chi connectivity index (χ3n) is 6.84. The molecule has 5 aromatic rings. The molecule has 7 heteroatoms. The lowest BCUT2D eigenvalue weighted by atomic mass is 9.86. The molecule has 1 aromatic heterocycles. The first-order valence-electron chi connectivity index (χ1n) is 11.9. The van der Waals surface area contributed by atoms with Gasteiger partial charge in [-0.2, -0.15) is 13.2 Å². The fourth-order valence-corrected chi connectivity index (χ4v) is 5.13. The Morgan fingerprint density at radius 3 is 2.16 bits per heavy atom. The molecular formula is C31H17F3O4. The summed E-state index contributed by atoms with van der Waals surface area (Å²) in [6.07, 6.45) is -1.46. The molecule has 0 fully saturated rings. The van der Waals surface area contributed by atoms with Crippen LogP contribution in [0.25, 0.3) is 33.4 Å². The molecule has 0 N–H and O–H groups in total. The molecule has 1 aliphatic carbocycles. The number of furan rings is 1. The van der Waals surface area contributed by atoms with E-state index in [4.69, 9.17) is 13.9 Å². The minimum absolute atomic E-state index is 0.253. The molecule has 0 radical (unpaired) electrons. The van der Waals surface area contributed by atoms with Crippen LogP contribution >= 0.6 is 0 Å². The van der Waals surface area contributed by atoms with E-state index in [2.05, 4.69) is 0 Å². The van der Waals surface area contributed by atoms with Crippen molar-refractivity contribution in [3.8, 4) is 34.1 Å². The second kappa shape index (κ2) is 7.86. The fourth-order valence-electron chi connectivity index (χ4n) is 5.13. The quantitative estimate of drug-likeness (QED) is 0.240. The Morgan fingerprint density at radius 1 is 0.737 bits per heavy atom. The number of allylic oxidation sites excluding steroid dienone is 1. The van der Waals surface area contributed by atoms with Gasteiger partial charge < -0.3 is 13.9 Å². The highest BCUT2D eigenvalue weighted by molar-refractivity contribution is 6.11. The van der Waals surface area contributed by atoms with E-state index in [0.717, 1.165) is 22.9 Å². The number of ether oxygens (including phenoxy) is 2. The van der Waals surface area contributed by atoms with E-state index in [0.29, 0.717) is 33.9 Å². The summed E-state index contributed by atoms with van der Waals surface area (Å²) in [4.78, 5) is 13.2. The number of benzene rings is 4. The van der Waals surface area contributed by atoms with Crippen molar-refractivity contribution in [2.24, 2.45) is 0 Å². The first-order chi connectivity index (χ1) is 18.3. The predicted octanol–water partition coefficient (Wildman–Crippen LogP) is 8.16. The normalized spacial score (nSPS) is 15.3. The van der Waals surface area contributed by atoms with Crippen LogP contribution in [0, 0.1) is 0 Å². The molecule has 2 heterocycles. The average Bonchev–Trinajstić information content (AvgIpc) is 3.41. The molecule has 1 spiro atoms. The summed E-state index contributed by atoms with van der Waals surface area (Å²) in [6, 6.07) is 24.9. The van der Waals surface area contributed by atoms with Crippen LogP contribution in [-0.4, -0.2) is 5.78 Å². The highest BCUT2D eigenvalue weighted by atomic mass is 19.4. The van der Waals surface area contributed by atoms with E-state index >= 15 is 0 Å². The van der Waals surface area contributed by atoms with Crippen molar-refractivity contribution in [1.82, 2.24) is 0 Å². The molecule has 0 bridgehead atoms. The molecule has 0 saturated heterocycles. The first kappa shape index (κ1) is 22.4. The Hall–Kier alpha value is -4.78. The standard InChI is InChI=1S/C31H17F3O4/c32-31(33,34)20-8-1-7-19(17-20)24-13-14-25(36-24)21-9-4-10-22-29(21)23(35)15-16-30(22)37-26-11-2-5-18-6-3-12-27(38-30)28(18)26/h1-17H. The summed E-state index contributed by atoms with van der Waals surface area (Å²) in [7, 11) is 0. The van der Waals surface area contributed by atoms with Crippen LogP contribution in [0.15, 0.2) is 108 Å². The van der Waals surface area contributed by atoms with Crippen LogP contribution in [0.4, 0.5) is 13.2 Å². The Kier molecular flexibility index (Phi) is 4.64. The zero-order valence-corrected chi connectivity index (χ0v) is 19.6. The summed E-state index contributed by atoms with van der Waals surface area (Å²) in [6.45, 7) is 0. The number of ketones is 1. The van der Waals surface area contributed by atoms with Gasteiger partial charge in [-0.25, -0.2) is 0 Å². The number of carbonyl (C=O) groups is 1. The van der Waals surface area contributed by atoms with E-state index in [1.807, 2.05) is 36.4 Å². The van der Waals surface area contributed by atoms with Gasteiger partial charge in [0.2, 0.25) is 0 Å². The van der Waals surface area contributed by atoms with E-state index < -0.39 is 17.5 Å². The van der Waals surface area contributed by atoms with Crippen LogP contribution in [0.5, 0.6) is 11.5 Å². The lowest BCUT2D eigenvalue weighted by Crippen LogP contribution is -2.42. The minimum Gasteiger partial charge on any atom is -0.456 e. The van der Waals surface area contributed by atoms with Crippen molar-refractivity contribution in [2.75, 3.05) is 0 Å². The Labute approximate surface area is 214 Å². The number of alkyl halides is 3. The third kappa shape index (κ3) is 3.35.